The van der Waals surface area contributed by atoms with E-state index in [1.807, 2.05) is 29.2 Å². The Balaban J connectivity index is 1.77. The van der Waals surface area contributed by atoms with E-state index in [1.54, 1.807) is 4.90 Å². The largest absolute Gasteiger partial charge is 0.336 e. The zero-order chi connectivity index (χ0) is 15.7. The van der Waals surface area contributed by atoms with Crippen LogP contribution in [0.15, 0.2) is 29.2 Å². The Morgan fingerprint density at radius 3 is 2.95 bits per heavy atom. The third-order valence-corrected chi connectivity index (χ3v) is 5.50. The summed E-state index contributed by atoms with van der Waals surface area (Å²) in [6.07, 6.45) is 0. The van der Waals surface area contributed by atoms with Crippen LogP contribution < -0.4 is 10.2 Å². The molecule has 2 atom stereocenters. The standard InChI is InChI=1S/C16H21N3O2S/c1-11-12(2)18(8-7-17-11)15(20)9-19-13-5-3-4-6-14(13)22-10-16(19)21/h3-6,11-12,17H,7-10H2,1-2H3. The van der Waals surface area contributed by atoms with Crippen molar-refractivity contribution in [2.45, 2.75) is 30.8 Å². The molecule has 6 heteroatoms. The van der Waals surface area contributed by atoms with Crippen LogP contribution in [0.1, 0.15) is 13.8 Å². The highest BCUT2D eigenvalue weighted by Gasteiger charge is 2.32. The molecule has 2 amide bonds. The third-order valence-electron chi connectivity index (χ3n) is 4.46. The molecule has 0 aromatic heterocycles. The number of fused-ring (bicyclic) bond motifs is 1. The molecule has 2 aliphatic heterocycles. The molecule has 3 rings (SSSR count). The summed E-state index contributed by atoms with van der Waals surface area (Å²) in [6, 6.07) is 8.20. The number of benzene rings is 1. The first-order valence-electron chi connectivity index (χ1n) is 7.63. The van der Waals surface area contributed by atoms with Gasteiger partial charge in [-0.1, -0.05) is 12.1 Å². The highest BCUT2D eigenvalue weighted by Crippen LogP contribution is 2.34. The fourth-order valence-corrected chi connectivity index (χ4v) is 3.90. The highest BCUT2D eigenvalue weighted by atomic mass is 32.2. The van der Waals surface area contributed by atoms with Crippen LogP contribution in [0.25, 0.3) is 0 Å². The first-order valence-corrected chi connectivity index (χ1v) is 8.61. The minimum absolute atomic E-state index is 0.00730. The van der Waals surface area contributed by atoms with Gasteiger partial charge in [-0.2, -0.15) is 0 Å². The lowest BCUT2D eigenvalue weighted by Gasteiger charge is -2.40. The minimum Gasteiger partial charge on any atom is -0.336 e. The van der Waals surface area contributed by atoms with Gasteiger partial charge in [0.25, 0.3) is 0 Å². The maximum atomic E-state index is 12.7. The zero-order valence-electron chi connectivity index (χ0n) is 12.9. The Morgan fingerprint density at radius 2 is 2.14 bits per heavy atom. The van der Waals surface area contributed by atoms with Gasteiger partial charge in [-0.25, -0.2) is 0 Å². The van der Waals surface area contributed by atoms with Crippen LogP contribution in [0.4, 0.5) is 5.69 Å². The number of nitrogens with zero attached hydrogens (tertiary/aromatic N) is 2. The van der Waals surface area contributed by atoms with Crippen molar-refractivity contribution < 1.29 is 9.59 Å². The molecule has 1 saturated heterocycles. The Bertz CT molecular complexity index is 593. The van der Waals surface area contributed by atoms with Crippen LogP contribution in [-0.4, -0.2) is 54.2 Å². The molecule has 118 valence electrons. The van der Waals surface area contributed by atoms with Crippen LogP contribution in [-0.2, 0) is 9.59 Å². The molecule has 0 spiro atoms. The van der Waals surface area contributed by atoms with Crippen LogP contribution in [0, 0.1) is 0 Å². The second-order valence-corrected chi connectivity index (χ2v) is 6.82. The molecule has 1 aromatic rings. The normalized spacial score (nSPS) is 25.1. The average molecular weight is 319 g/mol. The van der Waals surface area contributed by atoms with E-state index in [1.165, 1.54) is 11.8 Å². The molecule has 0 aliphatic carbocycles. The molecular formula is C16H21N3O2S. The predicted octanol–water partition coefficient (Wildman–Crippen LogP) is 1.33. The van der Waals surface area contributed by atoms with Crippen molar-refractivity contribution in [1.29, 1.82) is 0 Å². The maximum absolute atomic E-state index is 12.7. The number of rotatable bonds is 2. The number of nitrogens with one attached hydrogen (secondary N) is 1. The van der Waals surface area contributed by atoms with Crippen molar-refractivity contribution in [3.05, 3.63) is 24.3 Å². The van der Waals surface area contributed by atoms with Crippen molar-refractivity contribution in [2.75, 3.05) is 30.3 Å². The molecule has 2 aliphatic rings. The van der Waals surface area contributed by atoms with Crippen molar-refractivity contribution >= 4 is 29.3 Å². The highest BCUT2D eigenvalue weighted by molar-refractivity contribution is 8.00. The molecule has 22 heavy (non-hydrogen) atoms. The summed E-state index contributed by atoms with van der Waals surface area (Å²) in [6.45, 7) is 5.77. The zero-order valence-corrected chi connectivity index (χ0v) is 13.7. The third kappa shape index (κ3) is 2.85. The van der Waals surface area contributed by atoms with Crippen molar-refractivity contribution in [1.82, 2.24) is 10.2 Å². The number of hydrogen-bond donors (Lipinski definition) is 1. The fourth-order valence-electron chi connectivity index (χ4n) is 2.96. The van der Waals surface area contributed by atoms with Gasteiger partial charge in [0, 0.05) is 30.1 Å². The topological polar surface area (TPSA) is 52.7 Å². The second kappa shape index (κ2) is 6.30. The lowest BCUT2D eigenvalue weighted by Crippen LogP contribution is -2.59. The quantitative estimate of drug-likeness (QED) is 0.894. The number of thioether (sulfide) groups is 1. The van der Waals surface area contributed by atoms with Crippen molar-refractivity contribution in [3.8, 4) is 0 Å². The number of anilines is 1. The molecule has 0 radical (unpaired) electrons. The lowest BCUT2D eigenvalue weighted by molar-refractivity contribution is -0.134. The van der Waals surface area contributed by atoms with E-state index in [-0.39, 0.29) is 30.4 Å². The molecule has 2 unspecified atom stereocenters. The van der Waals surface area contributed by atoms with Gasteiger partial charge in [0.05, 0.1) is 11.4 Å². The summed E-state index contributed by atoms with van der Waals surface area (Å²) in [7, 11) is 0. The molecule has 0 saturated carbocycles. The number of para-hydroxylation sites is 1. The molecule has 2 heterocycles. The van der Waals surface area contributed by atoms with E-state index < -0.39 is 0 Å². The summed E-state index contributed by atoms with van der Waals surface area (Å²) in [4.78, 5) is 29.5. The number of carbonyl (C=O) groups is 2. The molecule has 1 aromatic carbocycles. The van der Waals surface area contributed by atoms with Gasteiger partial charge in [-0.05, 0) is 26.0 Å². The Morgan fingerprint density at radius 1 is 1.36 bits per heavy atom. The van der Waals surface area contributed by atoms with Crippen LogP contribution in [0.2, 0.25) is 0 Å². The summed E-state index contributed by atoms with van der Waals surface area (Å²) < 4.78 is 0. The van der Waals surface area contributed by atoms with Crippen LogP contribution >= 0.6 is 11.8 Å². The first kappa shape index (κ1) is 15.4. The molecule has 1 N–H and O–H groups in total. The molecule has 1 fully saturated rings. The maximum Gasteiger partial charge on any atom is 0.242 e. The Labute approximate surface area is 135 Å². The van der Waals surface area contributed by atoms with Crippen LogP contribution in [0.5, 0.6) is 0 Å². The van der Waals surface area contributed by atoms with E-state index in [9.17, 15) is 9.59 Å². The first-order chi connectivity index (χ1) is 10.6. The van der Waals surface area contributed by atoms with E-state index in [4.69, 9.17) is 0 Å². The second-order valence-electron chi connectivity index (χ2n) is 5.81. The van der Waals surface area contributed by atoms with E-state index in [0.29, 0.717) is 12.3 Å². The summed E-state index contributed by atoms with van der Waals surface area (Å²) in [5.74, 6) is 0.432. The number of hydrogen-bond acceptors (Lipinski definition) is 4. The Kier molecular flexibility index (Phi) is 4.40. The molecule has 5 nitrogen and oxygen atoms in total. The Hall–Kier alpha value is -1.53. The van der Waals surface area contributed by atoms with Gasteiger partial charge in [-0.3, -0.25) is 9.59 Å². The predicted molar refractivity (Wildman–Crippen MR) is 88.2 cm³/mol. The van der Waals surface area contributed by atoms with E-state index in [2.05, 4.69) is 19.2 Å². The SMILES string of the molecule is CC1NCCN(C(=O)CN2C(=O)CSc3ccccc32)C1C. The van der Waals surface area contributed by atoms with Gasteiger partial charge in [0.15, 0.2) is 0 Å². The minimum atomic E-state index is 0.00730. The van der Waals surface area contributed by atoms with Gasteiger partial charge in [0.1, 0.15) is 6.54 Å². The summed E-state index contributed by atoms with van der Waals surface area (Å²) >= 11 is 1.54. The van der Waals surface area contributed by atoms with Crippen molar-refractivity contribution in [3.63, 3.8) is 0 Å². The molecule has 0 bridgehead atoms. The van der Waals surface area contributed by atoms with Gasteiger partial charge in [-0.15, -0.1) is 11.8 Å². The van der Waals surface area contributed by atoms with Gasteiger partial charge < -0.3 is 15.1 Å². The number of amides is 2. The number of piperazine rings is 1. The summed E-state index contributed by atoms with van der Waals surface area (Å²) in [5.41, 5.74) is 0.855. The van der Waals surface area contributed by atoms with E-state index >= 15 is 0 Å². The molecular weight excluding hydrogens is 298 g/mol. The van der Waals surface area contributed by atoms with Crippen molar-refractivity contribution in [2.24, 2.45) is 0 Å². The van der Waals surface area contributed by atoms with Gasteiger partial charge in [0.2, 0.25) is 11.8 Å². The lowest BCUT2D eigenvalue weighted by atomic mass is 10.1. The number of carbonyl (C=O) groups excluding carboxylic acids is 2. The fraction of sp³-hybridized carbons (Fsp3) is 0.500. The van der Waals surface area contributed by atoms with Gasteiger partial charge >= 0.3 is 0 Å². The van der Waals surface area contributed by atoms with E-state index in [0.717, 1.165) is 17.1 Å². The summed E-state index contributed by atoms with van der Waals surface area (Å²) in [5, 5.41) is 3.37. The smallest absolute Gasteiger partial charge is 0.242 e. The van der Waals surface area contributed by atoms with Crippen LogP contribution in [0.3, 0.4) is 0 Å². The average Bonchev–Trinajstić information content (AvgIpc) is 2.52. The monoisotopic (exact) mass is 319 g/mol.